The van der Waals surface area contributed by atoms with Crippen molar-refractivity contribution in [2.24, 2.45) is 5.73 Å². The van der Waals surface area contributed by atoms with E-state index in [1.165, 1.54) is 14.2 Å². The fraction of sp³-hybridized carbons (Fsp3) is 0.529. The summed E-state index contributed by atoms with van der Waals surface area (Å²) in [6, 6.07) is 5.31. The van der Waals surface area contributed by atoms with Crippen LogP contribution in [0.15, 0.2) is 18.2 Å². The summed E-state index contributed by atoms with van der Waals surface area (Å²) in [5.74, 6) is 0.444. The Labute approximate surface area is 154 Å². The second kappa shape index (κ2) is 10.1. The maximum Gasteiger partial charge on any atom is 0.257 e. The van der Waals surface area contributed by atoms with Gasteiger partial charge in [0.1, 0.15) is 0 Å². The van der Waals surface area contributed by atoms with Gasteiger partial charge in [-0.15, -0.1) is 12.4 Å². The molecule has 4 N–H and O–H groups in total. The Kier molecular flexibility index (Phi) is 8.51. The zero-order valence-corrected chi connectivity index (χ0v) is 15.4. The lowest BCUT2D eigenvalue weighted by molar-refractivity contribution is -0.122. The predicted octanol–water partition coefficient (Wildman–Crippen LogP) is 1.24. The molecule has 1 saturated carbocycles. The van der Waals surface area contributed by atoms with E-state index in [2.05, 4.69) is 10.6 Å². The van der Waals surface area contributed by atoms with E-state index in [0.717, 1.165) is 25.7 Å². The molecule has 0 saturated heterocycles. The third-order valence-corrected chi connectivity index (χ3v) is 4.17. The quantitative estimate of drug-likeness (QED) is 0.698. The molecule has 0 aromatic heterocycles. The summed E-state index contributed by atoms with van der Waals surface area (Å²) < 4.78 is 10.6. The van der Waals surface area contributed by atoms with Gasteiger partial charge >= 0.3 is 0 Å². The summed E-state index contributed by atoms with van der Waals surface area (Å²) in [5.41, 5.74) is 6.38. The SMILES string of the molecule is CNC(=O)COc1ccc(C(=O)NC2CCC(N)CC2)cc1OC.Cl. The molecule has 2 rings (SSSR count). The second-order valence-electron chi connectivity index (χ2n) is 5.91. The van der Waals surface area contributed by atoms with Crippen molar-refractivity contribution < 1.29 is 19.1 Å². The summed E-state index contributed by atoms with van der Waals surface area (Å²) in [6.45, 7) is -0.110. The maximum absolute atomic E-state index is 12.4. The van der Waals surface area contributed by atoms with Crippen molar-refractivity contribution in [1.29, 1.82) is 0 Å². The number of likely N-dealkylation sites (N-methyl/N-ethyl adjacent to an activating group) is 1. The molecule has 1 aromatic rings. The molecule has 140 valence electrons. The number of hydrogen-bond acceptors (Lipinski definition) is 5. The van der Waals surface area contributed by atoms with Crippen LogP contribution in [0.25, 0.3) is 0 Å². The van der Waals surface area contributed by atoms with Gasteiger partial charge in [0.2, 0.25) is 0 Å². The highest BCUT2D eigenvalue weighted by atomic mass is 35.5. The normalized spacial score (nSPS) is 19.3. The van der Waals surface area contributed by atoms with Gasteiger partial charge in [0, 0.05) is 24.7 Å². The minimum atomic E-state index is -0.241. The third kappa shape index (κ3) is 6.10. The zero-order chi connectivity index (χ0) is 17.5. The van der Waals surface area contributed by atoms with Crippen LogP contribution in [0.3, 0.4) is 0 Å². The van der Waals surface area contributed by atoms with Gasteiger partial charge in [0.15, 0.2) is 18.1 Å². The molecule has 7 nitrogen and oxygen atoms in total. The number of rotatable bonds is 6. The highest BCUT2D eigenvalue weighted by Gasteiger charge is 2.21. The lowest BCUT2D eigenvalue weighted by atomic mass is 9.91. The van der Waals surface area contributed by atoms with E-state index >= 15 is 0 Å². The van der Waals surface area contributed by atoms with Crippen molar-refractivity contribution in [3.05, 3.63) is 23.8 Å². The number of nitrogens with two attached hydrogens (primary N) is 1. The molecule has 1 aliphatic rings. The average Bonchev–Trinajstić information content (AvgIpc) is 2.61. The number of nitrogens with one attached hydrogen (secondary N) is 2. The fourth-order valence-corrected chi connectivity index (χ4v) is 2.68. The molecule has 2 amide bonds. The molecule has 0 spiro atoms. The predicted molar refractivity (Wildman–Crippen MR) is 97.5 cm³/mol. The van der Waals surface area contributed by atoms with Gasteiger partial charge in [-0.1, -0.05) is 0 Å². The molecule has 25 heavy (non-hydrogen) atoms. The topological polar surface area (TPSA) is 103 Å². The Morgan fingerprint density at radius 2 is 1.88 bits per heavy atom. The van der Waals surface area contributed by atoms with Crippen LogP contribution in [0.2, 0.25) is 0 Å². The Hall–Kier alpha value is -1.99. The minimum absolute atomic E-state index is 0. The van der Waals surface area contributed by atoms with Gasteiger partial charge in [-0.3, -0.25) is 9.59 Å². The zero-order valence-electron chi connectivity index (χ0n) is 14.5. The second-order valence-corrected chi connectivity index (χ2v) is 5.91. The smallest absolute Gasteiger partial charge is 0.257 e. The molecule has 0 heterocycles. The largest absolute Gasteiger partial charge is 0.493 e. The minimum Gasteiger partial charge on any atom is -0.493 e. The van der Waals surface area contributed by atoms with Crippen molar-refractivity contribution in [2.45, 2.75) is 37.8 Å². The molecule has 0 unspecified atom stereocenters. The molecule has 0 bridgehead atoms. The first-order chi connectivity index (χ1) is 11.5. The van der Waals surface area contributed by atoms with Crippen LogP contribution in [0, 0.1) is 0 Å². The van der Waals surface area contributed by atoms with Crippen LogP contribution in [0.5, 0.6) is 11.5 Å². The standard InChI is InChI=1S/C17H25N3O4.ClH/c1-19-16(21)10-24-14-8-3-11(9-15(14)23-2)17(22)20-13-6-4-12(18)5-7-13;/h3,8-9,12-13H,4-7,10,18H2,1-2H3,(H,19,21)(H,20,22);1H. The molecule has 0 aliphatic heterocycles. The lowest BCUT2D eigenvalue weighted by Crippen LogP contribution is -2.40. The van der Waals surface area contributed by atoms with Crippen molar-refractivity contribution in [3.8, 4) is 11.5 Å². The molecule has 0 radical (unpaired) electrons. The summed E-state index contributed by atoms with van der Waals surface area (Å²) >= 11 is 0. The average molecular weight is 372 g/mol. The number of benzene rings is 1. The molecule has 1 aliphatic carbocycles. The molecular formula is C17H26ClN3O4. The first kappa shape index (κ1) is 21.1. The Morgan fingerprint density at radius 3 is 2.48 bits per heavy atom. The van der Waals surface area contributed by atoms with Gasteiger partial charge in [-0.2, -0.15) is 0 Å². The highest BCUT2D eigenvalue weighted by Crippen LogP contribution is 2.28. The summed E-state index contributed by atoms with van der Waals surface area (Å²) in [6.07, 6.45) is 3.66. The van der Waals surface area contributed by atoms with Crippen LogP contribution >= 0.6 is 12.4 Å². The van der Waals surface area contributed by atoms with E-state index in [1.54, 1.807) is 18.2 Å². The summed E-state index contributed by atoms with van der Waals surface area (Å²) in [7, 11) is 3.03. The number of halogens is 1. The van der Waals surface area contributed by atoms with Crippen LogP contribution in [-0.4, -0.2) is 44.7 Å². The Bertz CT molecular complexity index is 589. The molecular weight excluding hydrogens is 346 g/mol. The van der Waals surface area contributed by atoms with Gasteiger partial charge in [0.05, 0.1) is 7.11 Å². The van der Waals surface area contributed by atoms with E-state index in [0.29, 0.717) is 17.1 Å². The van der Waals surface area contributed by atoms with Gasteiger partial charge < -0.3 is 25.8 Å². The first-order valence-corrected chi connectivity index (χ1v) is 8.11. The van der Waals surface area contributed by atoms with Gasteiger partial charge in [-0.05, 0) is 43.9 Å². The van der Waals surface area contributed by atoms with Crippen LogP contribution in [-0.2, 0) is 4.79 Å². The monoisotopic (exact) mass is 371 g/mol. The lowest BCUT2D eigenvalue weighted by Gasteiger charge is -2.26. The number of carbonyl (C=O) groups excluding carboxylic acids is 2. The Balaban J connectivity index is 0.00000312. The summed E-state index contributed by atoms with van der Waals surface area (Å²) in [5, 5.41) is 5.50. The van der Waals surface area contributed by atoms with E-state index in [-0.39, 0.29) is 42.9 Å². The molecule has 1 fully saturated rings. The third-order valence-electron chi connectivity index (χ3n) is 4.17. The van der Waals surface area contributed by atoms with Crippen LogP contribution < -0.4 is 25.8 Å². The number of carbonyl (C=O) groups is 2. The molecule has 0 atom stereocenters. The van der Waals surface area contributed by atoms with Crippen molar-refractivity contribution in [3.63, 3.8) is 0 Å². The number of amides is 2. The van der Waals surface area contributed by atoms with E-state index in [4.69, 9.17) is 15.2 Å². The fourth-order valence-electron chi connectivity index (χ4n) is 2.68. The van der Waals surface area contributed by atoms with Crippen LogP contribution in [0.4, 0.5) is 0 Å². The van der Waals surface area contributed by atoms with E-state index < -0.39 is 0 Å². The van der Waals surface area contributed by atoms with E-state index in [9.17, 15) is 9.59 Å². The molecule has 8 heteroatoms. The number of hydrogen-bond donors (Lipinski definition) is 3. The van der Waals surface area contributed by atoms with Crippen LogP contribution in [0.1, 0.15) is 36.0 Å². The van der Waals surface area contributed by atoms with Crippen molar-refractivity contribution in [2.75, 3.05) is 20.8 Å². The number of methoxy groups -OCH3 is 1. The summed E-state index contributed by atoms with van der Waals surface area (Å²) in [4.78, 5) is 23.6. The highest BCUT2D eigenvalue weighted by molar-refractivity contribution is 5.95. The van der Waals surface area contributed by atoms with Gasteiger partial charge in [0.25, 0.3) is 11.8 Å². The number of ether oxygens (including phenoxy) is 2. The molecule has 1 aromatic carbocycles. The van der Waals surface area contributed by atoms with Crippen molar-refractivity contribution in [1.82, 2.24) is 10.6 Å². The van der Waals surface area contributed by atoms with Crippen molar-refractivity contribution >= 4 is 24.2 Å². The maximum atomic E-state index is 12.4. The van der Waals surface area contributed by atoms with E-state index in [1.807, 2.05) is 0 Å². The first-order valence-electron chi connectivity index (χ1n) is 8.11. The van der Waals surface area contributed by atoms with Gasteiger partial charge in [-0.25, -0.2) is 0 Å². The Morgan fingerprint density at radius 1 is 1.20 bits per heavy atom.